The van der Waals surface area contributed by atoms with E-state index in [0.29, 0.717) is 6.54 Å². The first-order valence-electron chi connectivity index (χ1n) is 4.15. The van der Waals surface area contributed by atoms with E-state index in [1.54, 1.807) is 5.51 Å². The topological polar surface area (TPSA) is 42.0 Å². The summed E-state index contributed by atoms with van der Waals surface area (Å²) in [4.78, 5) is 16.6. The van der Waals surface area contributed by atoms with Gasteiger partial charge in [0.05, 0.1) is 17.7 Å². The zero-order valence-corrected chi connectivity index (χ0v) is 11.4. The van der Waals surface area contributed by atoms with Crippen molar-refractivity contribution >= 4 is 51.2 Å². The summed E-state index contributed by atoms with van der Waals surface area (Å²) in [7, 11) is 0. The smallest absolute Gasteiger partial charge is 0.262 e. The second-order valence-corrected chi connectivity index (χ2v) is 5.56. The zero-order valence-electron chi connectivity index (χ0n) is 7.57. The van der Waals surface area contributed by atoms with Crippen LogP contribution in [-0.4, -0.2) is 10.9 Å². The minimum Gasteiger partial charge on any atom is -0.346 e. The highest BCUT2D eigenvalue weighted by molar-refractivity contribution is 14.1. The number of nitrogens with zero attached hydrogens (tertiary/aromatic N) is 1. The van der Waals surface area contributed by atoms with Crippen LogP contribution in [0.2, 0.25) is 0 Å². The molecule has 2 aromatic rings. The van der Waals surface area contributed by atoms with Gasteiger partial charge in [-0.2, -0.15) is 0 Å². The minimum absolute atomic E-state index is 0.0256. The van der Waals surface area contributed by atoms with Gasteiger partial charge >= 0.3 is 0 Å². The molecule has 2 rings (SSSR count). The van der Waals surface area contributed by atoms with Crippen molar-refractivity contribution in [3.05, 3.63) is 36.5 Å². The molecule has 0 spiro atoms. The Morgan fingerprint density at radius 1 is 1.60 bits per heavy atom. The van der Waals surface area contributed by atoms with Crippen LogP contribution in [0.3, 0.4) is 0 Å². The lowest BCUT2D eigenvalue weighted by atomic mass is 10.4. The summed E-state index contributed by atoms with van der Waals surface area (Å²) < 4.78 is 0.994. The number of carbonyl (C=O) groups is 1. The molecule has 2 heterocycles. The number of aromatic nitrogens is 1. The number of thiophene rings is 1. The first-order valence-corrected chi connectivity index (χ1v) is 7.06. The highest BCUT2D eigenvalue weighted by Crippen LogP contribution is 2.18. The number of amides is 1. The molecule has 0 saturated carbocycles. The van der Waals surface area contributed by atoms with Crippen molar-refractivity contribution in [3.8, 4) is 0 Å². The lowest BCUT2D eigenvalue weighted by Crippen LogP contribution is -2.22. The average molecular weight is 350 g/mol. The summed E-state index contributed by atoms with van der Waals surface area (Å²) in [5.74, 6) is -0.0256. The van der Waals surface area contributed by atoms with E-state index in [1.165, 1.54) is 22.7 Å². The number of hydrogen-bond donors (Lipinski definition) is 1. The van der Waals surface area contributed by atoms with Gasteiger partial charge in [0.2, 0.25) is 0 Å². The van der Waals surface area contributed by atoms with Crippen LogP contribution in [0.25, 0.3) is 0 Å². The third-order valence-electron chi connectivity index (χ3n) is 1.74. The summed E-state index contributed by atoms with van der Waals surface area (Å²) in [6.45, 7) is 0.496. The average Bonchev–Trinajstić information content (AvgIpc) is 2.84. The van der Waals surface area contributed by atoms with E-state index in [4.69, 9.17) is 0 Å². The summed E-state index contributed by atoms with van der Waals surface area (Å²) in [5, 5.41) is 6.69. The molecule has 0 aliphatic heterocycles. The van der Waals surface area contributed by atoms with Crippen molar-refractivity contribution in [1.82, 2.24) is 10.3 Å². The molecule has 0 aliphatic carbocycles. The molecule has 0 aromatic carbocycles. The van der Waals surface area contributed by atoms with Crippen LogP contribution in [0.1, 0.15) is 15.4 Å². The highest BCUT2D eigenvalue weighted by atomic mass is 127. The second kappa shape index (κ2) is 5.04. The van der Waals surface area contributed by atoms with Crippen molar-refractivity contribution in [2.24, 2.45) is 0 Å². The van der Waals surface area contributed by atoms with Crippen LogP contribution < -0.4 is 5.32 Å². The van der Waals surface area contributed by atoms with E-state index >= 15 is 0 Å². The van der Waals surface area contributed by atoms with Gasteiger partial charge in [0, 0.05) is 8.95 Å². The molecule has 3 nitrogen and oxygen atoms in total. The molecule has 1 N–H and O–H groups in total. The maximum Gasteiger partial charge on any atom is 0.262 e. The first kappa shape index (κ1) is 11.0. The quantitative estimate of drug-likeness (QED) is 0.865. The van der Waals surface area contributed by atoms with Crippen LogP contribution in [0.15, 0.2) is 22.3 Å². The zero-order chi connectivity index (χ0) is 10.7. The summed E-state index contributed by atoms with van der Waals surface area (Å²) in [6.07, 6.45) is 0. The second-order valence-electron chi connectivity index (χ2n) is 2.76. The van der Waals surface area contributed by atoms with Crippen LogP contribution in [0, 0.1) is 3.57 Å². The predicted octanol–water partition coefficient (Wildman–Crippen LogP) is 2.74. The number of halogens is 1. The Bertz CT molecular complexity index is 452. The fourth-order valence-electron chi connectivity index (χ4n) is 1.03. The van der Waals surface area contributed by atoms with Crippen molar-refractivity contribution in [1.29, 1.82) is 0 Å². The van der Waals surface area contributed by atoms with E-state index in [0.717, 1.165) is 14.1 Å². The van der Waals surface area contributed by atoms with Gasteiger partial charge in [-0.1, -0.05) is 0 Å². The van der Waals surface area contributed by atoms with Crippen molar-refractivity contribution in [2.75, 3.05) is 0 Å². The van der Waals surface area contributed by atoms with Crippen molar-refractivity contribution in [2.45, 2.75) is 6.54 Å². The Morgan fingerprint density at radius 2 is 2.47 bits per heavy atom. The van der Waals surface area contributed by atoms with Crippen LogP contribution in [0.5, 0.6) is 0 Å². The third-order valence-corrected chi connectivity index (χ3v) is 4.55. The van der Waals surface area contributed by atoms with Gasteiger partial charge in [-0.25, -0.2) is 4.98 Å². The van der Waals surface area contributed by atoms with E-state index in [2.05, 4.69) is 32.9 Å². The molecule has 0 radical (unpaired) electrons. The van der Waals surface area contributed by atoms with Crippen LogP contribution >= 0.6 is 45.3 Å². The third kappa shape index (κ3) is 2.76. The van der Waals surface area contributed by atoms with Crippen molar-refractivity contribution in [3.63, 3.8) is 0 Å². The molecule has 1 amide bonds. The number of rotatable bonds is 3. The van der Waals surface area contributed by atoms with Gasteiger partial charge in [0.15, 0.2) is 0 Å². The standard InChI is InChI=1S/C9H7IN2OS2/c10-7-1-2-15-8(7)9(13)11-3-6-4-14-5-12-6/h1-2,4-5H,3H2,(H,11,13). The number of carbonyl (C=O) groups excluding carboxylic acids is 1. The number of nitrogens with one attached hydrogen (secondary N) is 1. The molecule has 0 saturated heterocycles. The molecule has 0 atom stereocenters. The van der Waals surface area contributed by atoms with Gasteiger partial charge in [0.25, 0.3) is 5.91 Å². The monoisotopic (exact) mass is 350 g/mol. The first-order chi connectivity index (χ1) is 7.27. The summed E-state index contributed by atoms with van der Waals surface area (Å²) >= 11 is 5.15. The van der Waals surface area contributed by atoms with E-state index < -0.39 is 0 Å². The highest BCUT2D eigenvalue weighted by Gasteiger charge is 2.10. The minimum atomic E-state index is -0.0256. The molecule has 0 unspecified atom stereocenters. The number of hydrogen-bond acceptors (Lipinski definition) is 4. The Balaban J connectivity index is 1.96. The molecule has 78 valence electrons. The van der Waals surface area contributed by atoms with Gasteiger partial charge in [-0.15, -0.1) is 22.7 Å². The summed E-state index contributed by atoms with van der Waals surface area (Å²) in [6, 6.07) is 1.93. The van der Waals surface area contributed by atoms with Gasteiger partial charge in [-0.05, 0) is 34.0 Å². The van der Waals surface area contributed by atoms with E-state index in [1.807, 2.05) is 16.8 Å². The fourth-order valence-corrected chi connectivity index (χ4v) is 3.34. The van der Waals surface area contributed by atoms with Crippen LogP contribution in [0.4, 0.5) is 0 Å². The van der Waals surface area contributed by atoms with E-state index in [-0.39, 0.29) is 5.91 Å². The largest absolute Gasteiger partial charge is 0.346 e. The predicted molar refractivity (Wildman–Crippen MR) is 70.3 cm³/mol. The fraction of sp³-hybridized carbons (Fsp3) is 0.111. The van der Waals surface area contributed by atoms with Gasteiger partial charge in [-0.3, -0.25) is 4.79 Å². The Labute approximate surface area is 109 Å². The Kier molecular flexibility index (Phi) is 3.71. The maximum absolute atomic E-state index is 11.7. The number of thiazole rings is 1. The lowest BCUT2D eigenvalue weighted by Gasteiger charge is -2.01. The van der Waals surface area contributed by atoms with Gasteiger partial charge < -0.3 is 5.32 Å². The lowest BCUT2D eigenvalue weighted by molar-refractivity contribution is 0.0954. The summed E-state index contributed by atoms with van der Waals surface area (Å²) in [5.41, 5.74) is 2.66. The molecular weight excluding hydrogens is 343 g/mol. The molecule has 15 heavy (non-hydrogen) atoms. The van der Waals surface area contributed by atoms with E-state index in [9.17, 15) is 4.79 Å². The molecular formula is C9H7IN2OS2. The van der Waals surface area contributed by atoms with Crippen molar-refractivity contribution < 1.29 is 4.79 Å². The van der Waals surface area contributed by atoms with Gasteiger partial charge in [0.1, 0.15) is 4.88 Å². The molecule has 0 aliphatic rings. The van der Waals surface area contributed by atoms with Crippen LogP contribution in [-0.2, 0) is 6.54 Å². The normalized spacial score (nSPS) is 10.2. The maximum atomic E-state index is 11.7. The molecule has 0 bridgehead atoms. The Hall–Kier alpha value is -0.470. The Morgan fingerprint density at radius 3 is 3.07 bits per heavy atom. The SMILES string of the molecule is O=C(NCc1cscn1)c1sccc1I. The molecule has 6 heteroatoms. The molecule has 0 fully saturated rings. The molecule has 2 aromatic heterocycles.